The van der Waals surface area contributed by atoms with E-state index in [1.165, 1.54) is 41.1 Å². The molecule has 5 unspecified atom stereocenters. The largest absolute Gasteiger partial charge is 0.508 e. The van der Waals surface area contributed by atoms with Gasteiger partial charge in [-0.05, 0) is 131 Å². The Bertz CT molecular complexity index is 3430. The molecule has 3 N–H and O–H groups in total. The van der Waals surface area contributed by atoms with Crippen molar-refractivity contribution in [1.29, 1.82) is 0 Å². The number of aryl methyl sites for hydroxylation is 1. The Kier molecular flexibility index (Phi) is 16.5. The number of nitrogens with one attached hydrogen (secondary N) is 2. The number of amides is 2. The van der Waals surface area contributed by atoms with Crippen molar-refractivity contribution in [1.82, 2.24) is 45.5 Å². The number of benzene rings is 3. The molecule has 2 bridgehead atoms. The van der Waals surface area contributed by atoms with Crippen LogP contribution in [-0.2, 0) is 9.59 Å². The summed E-state index contributed by atoms with van der Waals surface area (Å²) in [6.45, 7) is 17.3. The fourth-order valence-electron chi connectivity index (χ4n) is 12.8. The number of aromatic hydroxyl groups is 1. The number of hydrogen-bond donors (Lipinski definition) is 3. The zero-order valence-corrected chi connectivity index (χ0v) is 47.5. The monoisotopic (exact) mass is 1120 g/mol. The maximum absolute atomic E-state index is 17.0. The molecule has 0 spiro atoms. The predicted molar refractivity (Wildman–Crippen MR) is 311 cm³/mol. The zero-order chi connectivity index (χ0) is 56.5. The van der Waals surface area contributed by atoms with E-state index >= 15 is 4.39 Å². The third-order valence-corrected chi connectivity index (χ3v) is 18.2. The summed E-state index contributed by atoms with van der Waals surface area (Å²) < 4.78 is 44.0. The molecule has 0 radical (unpaired) electrons. The molecule has 3 aromatic carbocycles. The second kappa shape index (κ2) is 24.1. The number of carbonyl (C=O) groups excluding carboxylic acids is 2. The van der Waals surface area contributed by atoms with Crippen molar-refractivity contribution < 1.29 is 32.7 Å². The Labute approximate surface area is 475 Å². The van der Waals surface area contributed by atoms with Gasteiger partial charge in [0.2, 0.25) is 12.3 Å². The quantitative estimate of drug-likeness (QED) is 0.0615. The Hall–Kier alpha value is -7.27. The number of thiazole rings is 1. The summed E-state index contributed by atoms with van der Waals surface area (Å²) in [6.07, 6.45) is 15.6. The lowest BCUT2D eigenvalue weighted by molar-refractivity contribution is -0.135. The van der Waals surface area contributed by atoms with E-state index in [-0.39, 0.29) is 69.3 Å². The number of fused-ring (bicyclic) bond motifs is 4. The number of phenolic OH excluding ortho intramolecular Hbond substituents is 1. The highest BCUT2D eigenvalue weighted by atomic mass is 32.1. The minimum atomic E-state index is -0.732. The molecule has 424 valence electrons. The van der Waals surface area contributed by atoms with Crippen LogP contribution in [0.4, 0.5) is 20.4 Å². The number of nitrogens with zero attached hydrogens (tertiary/aromatic N) is 9. The van der Waals surface area contributed by atoms with E-state index in [0.29, 0.717) is 72.5 Å². The minimum Gasteiger partial charge on any atom is -0.508 e. The summed E-state index contributed by atoms with van der Waals surface area (Å²) in [4.78, 5) is 52.2. The number of hydrogen-bond acceptors (Lipinski definition) is 15. The van der Waals surface area contributed by atoms with E-state index in [9.17, 15) is 19.1 Å². The minimum absolute atomic E-state index is 0.0347. The molecule has 5 aliphatic heterocycles. The van der Waals surface area contributed by atoms with Gasteiger partial charge in [-0.3, -0.25) is 19.5 Å². The highest BCUT2D eigenvalue weighted by molar-refractivity contribution is 7.13. The first-order chi connectivity index (χ1) is 39.2. The summed E-state index contributed by atoms with van der Waals surface area (Å²) in [5.74, 6) is 4.18. The first-order valence-electron chi connectivity index (χ1n) is 28.6. The molecular formula is C62H71F2N11O5S. The van der Waals surface area contributed by atoms with E-state index in [2.05, 4.69) is 84.3 Å². The van der Waals surface area contributed by atoms with Gasteiger partial charge in [0, 0.05) is 80.6 Å². The SMILES string of the molecule is C#Cc1c(F)ccc2cc(O)cc(-c3ncc4c(N5CC6CCC(C5)N6)nc(OCCN5CCC(CC6CN(c7cc(C(C(=O)N8CCCC8C)C(C)C)on7)C6)CC5)nc4c3F)c12.Cc1ncsc1-c1ccc(C(C)NC=O)cc1. The Morgan fingerprint density at radius 1 is 0.963 bits per heavy atom. The maximum Gasteiger partial charge on any atom is 0.319 e. The molecule has 9 heterocycles. The van der Waals surface area contributed by atoms with Crippen molar-refractivity contribution >= 4 is 57.0 Å². The van der Waals surface area contributed by atoms with E-state index in [1.54, 1.807) is 17.5 Å². The Balaban J connectivity index is 0.000000347. The van der Waals surface area contributed by atoms with Gasteiger partial charge in [0.15, 0.2) is 17.4 Å². The van der Waals surface area contributed by atoms with Crippen LogP contribution in [0.25, 0.3) is 43.4 Å². The molecule has 5 saturated heterocycles. The molecule has 0 aliphatic carbocycles. The Morgan fingerprint density at radius 3 is 2.41 bits per heavy atom. The van der Waals surface area contributed by atoms with E-state index in [4.69, 9.17) is 20.7 Å². The predicted octanol–water partition coefficient (Wildman–Crippen LogP) is 10.0. The van der Waals surface area contributed by atoms with Gasteiger partial charge in [-0.1, -0.05) is 55.3 Å². The van der Waals surface area contributed by atoms with Gasteiger partial charge in [0.05, 0.1) is 33.1 Å². The van der Waals surface area contributed by atoms with Gasteiger partial charge in [-0.2, -0.15) is 9.97 Å². The van der Waals surface area contributed by atoms with Crippen molar-refractivity contribution in [3.8, 4) is 45.8 Å². The van der Waals surface area contributed by atoms with Crippen molar-refractivity contribution in [2.45, 2.75) is 110 Å². The molecule has 12 rings (SSSR count). The molecule has 2 amide bonds. The topological polar surface area (TPSA) is 178 Å². The van der Waals surface area contributed by atoms with Crippen LogP contribution in [0.5, 0.6) is 11.8 Å². The first kappa shape index (κ1) is 55.6. The van der Waals surface area contributed by atoms with Gasteiger partial charge in [-0.15, -0.1) is 17.8 Å². The highest BCUT2D eigenvalue weighted by Crippen LogP contribution is 2.41. The van der Waals surface area contributed by atoms with Crippen LogP contribution in [0.1, 0.15) is 107 Å². The van der Waals surface area contributed by atoms with Crippen LogP contribution >= 0.6 is 11.3 Å². The van der Waals surface area contributed by atoms with Crippen molar-refractivity contribution in [3.05, 3.63) is 101 Å². The number of phenols is 1. The fraction of sp³-hybridized carbons (Fsp3) is 0.468. The molecule has 5 fully saturated rings. The van der Waals surface area contributed by atoms with Crippen LogP contribution < -0.4 is 25.2 Å². The normalized spacial score (nSPS) is 20.3. The zero-order valence-electron chi connectivity index (χ0n) is 46.7. The molecular weight excluding hydrogens is 1050 g/mol. The van der Waals surface area contributed by atoms with Crippen LogP contribution in [0.15, 0.2) is 70.8 Å². The second-order valence-electron chi connectivity index (χ2n) is 23.1. The number of pyridine rings is 1. The molecule has 16 nitrogen and oxygen atoms in total. The number of carbonyl (C=O) groups is 2. The smallest absolute Gasteiger partial charge is 0.319 e. The summed E-state index contributed by atoms with van der Waals surface area (Å²) in [5, 5.41) is 22.6. The first-order valence-corrected chi connectivity index (χ1v) is 29.5. The van der Waals surface area contributed by atoms with Gasteiger partial charge in [0.1, 0.15) is 41.1 Å². The van der Waals surface area contributed by atoms with E-state index in [0.717, 1.165) is 94.7 Å². The second-order valence-corrected chi connectivity index (χ2v) is 23.9. The van der Waals surface area contributed by atoms with Gasteiger partial charge < -0.3 is 39.7 Å². The fourth-order valence-corrected chi connectivity index (χ4v) is 13.6. The number of piperazine rings is 1. The molecule has 7 aromatic rings. The van der Waals surface area contributed by atoms with Crippen molar-refractivity contribution in [2.75, 3.05) is 68.8 Å². The van der Waals surface area contributed by atoms with Crippen LogP contribution in [0.3, 0.4) is 0 Å². The lowest BCUT2D eigenvalue weighted by atomic mass is 9.83. The van der Waals surface area contributed by atoms with E-state index in [1.807, 2.05) is 42.5 Å². The number of halogens is 2. The van der Waals surface area contributed by atoms with Gasteiger partial charge in [0.25, 0.3) is 0 Å². The Morgan fingerprint density at radius 2 is 1.73 bits per heavy atom. The number of ether oxygens (including phenoxy) is 1. The summed E-state index contributed by atoms with van der Waals surface area (Å²) in [5.41, 5.74) is 5.25. The maximum atomic E-state index is 17.0. The average molecular weight is 1120 g/mol. The van der Waals surface area contributed by atoms with Gasteiger partial charge in [-0.25, -0.2) is 13.8 Å². The lowest BCUT2D eigenvalue weighted by Gasteiger charge is -2.42. The van der Waals surface area contributed by atoms with Crippen LogP contribution in [0.2, 0.25) is 0 Å². The third kappa shape index (κ3) is 11.8. The molecule has 4 aromatic heterocycles. The highest BCUT2D eigenvalue weighted by Gasteiger charge is 2.39. The van der Waals surface area contributed by atoms with Crippen molar-refractivity contribution in [3.63, 3.8) is 0 Å². The summed E-state index contributed by atoms with van der Waals surface area (Å²) in [7, 11) is 0. The van der Waals surface area contributed by atoms with Crippen molar-refractivity contribution in [2.24, 2.45) is 17.8 Å². The molecule has 5 aliphatic rings. The molecule has 19 heteroatoms. The number of rotatable bonds is 16. The summed E-state index contributed by atoms with van der Waals surface area (Å²) in [6, 6.07) is 16.8. The number of likely N-dealkylation sites (tertiary alicyclic amines) is 2. The number of anilines is 2. The third-order valence-electron chi connectivity index (χ3n) is 17.2. The standard InChI is InChI=1S/C49H57F2N9O4.C13H14N2OS/c1-5-36-39(50)11-8-32-20-35(61)21-37(43(32)36)45-44(51)46-38(23-52-45)47(59-26-33-9-10-34(27-59)53-33)55-49(54-46)63-18-17-57-15-12-30(13-16-57)19-31-24-58(25-31)41-22-40(64-56-41)42(28(2)3)48(62)60-14-6-7-29(60)4;1-9(14-7-16)11-3-5-12(6-4-11)13-10(2)15-8-17-13/h1,8,11,20-23,28-31,33-34,42,53,61H,6-7,9-10,12-19,24-27H2,2-4H3;3-9H,1-2H3,(H,14,16). The average Bonchev–Trinajstić information content (AvgIpc) is 4.45. The molecule has 0 saturated carbocycles. The molecule has 81 heavy (non-hydrogen) atoms. The summed E-state index contributed by atoms with van der Waals surface area (Å²) >= 11 is 1.64. The van der Waals surface area contributed by atoms with E-state index < -0.39 is 11.6 Å². The van der Waals surface area contributed by atoms with Crippen LogP contribution in [0, 0.1) is 48.7 Å². The number of aromatic nitrogens is 5. The lowest BCUT2D eigenvalue weighted by Crippen LogP contribution is -2.51. The molecule has 5 atom stereocenters. The van der Waals surface area contributed by atoms with Crippen LogP contribution in [-0.4, -0.2) is 129 Å². The number of terminal acetylenes is 1. The number of piperidine rings is 1. The van der Waals surface area contributed by atoms with Gasteiger partial charge >= 0.3 is 6.01 Å².